The summed E-state index contributed by atoms with van der Waals surface area (Å²) in [5.74, 6) is -1.48. The van der Waals surface area contributed by atoms with Crippen molar-refractivity contribution in [2.45, 2.75) is 39.2 Å². The fraction of sp³-hybridized carbons (Fsp3) is 0.286. The average Bonchev–Trinajstić information content (AvgIpc) is 2.83. The molecule has 1 atom stereocenters. The number of hydrogen-bond donors (Lipinski definition) is 1. The van der Waals surface area contributed by atoms with E-state index in [4.69, 9.17) is 4.74 Å². The fourth-order valence-corrected chi connectivity index (χ4v) is 4.55. The van der Waals surface area contributed by atoms with Gasteiger partial charge in [0.1, 0.15) is 11.6 Å². The normalized spacial score (nSPS) is 15.1. The van der Waals surface area contributed by atoms with Gasteiger partial charge >= 0.3 is 5.97 Å². The maximum atomic E-state index is 13.7. The Kier molecular flexibility index (Phi) is 6.69. The van der Waals surface area contributed by atoms with E-state index in [2.05, 4.69) is 5.32 Å². The highest BCUT2D eigenvalue weighted by molar-refractivity contribution is 6.03. The molecule has 4 rings (SSSR count). The molecule has 2 aromatic carbocycles. The van der Waals surface area contributed by atoms with Crippen LogP contribution in [0, 0.1) is 5.41 Å². The lowest BCUT2D eigenvalue weighted by Gasteiger charge is -2.32. The number of Topliss-reactive ketones (excluding diaryl/α,β-unsaturated/α-hetero) is 1. The van der Waals surface area contributed by atoms with Gasteiger partial charge in [0.2, 0.25) is 0 Å². The molecule has 0 radical (unpaired) electrons. The predicted octanol–water partition coefficient (Wildman–Crippen LogP) is 3.51. The smallest absolute Gasteiger partial charge is 0.328 e. The fourth-order valence-electron chi connectivity index (χ4n) is 4.55. The third kappa shape index (κ3) is 5.09. The first-order valence-electron chi connectivity index (χ1n) is 11.5. The van der Waals surface area contributed by atoms with Crippen molar-refractivity contribution in [3.63, 3.8) is 0 Å². The van der Waals surface area contributed by atoms with E-state index in [-0.39, 0.29) is 23.2 Å². The number of ketones is 1. The van der Waals surface area contributed by atoms with Crippen LogP contribution in [0.1, 0.15) is 52.2 Å². The summed E-state index contributed by atoms with van der Waals surface area (Å²) in [7, 11) is 1.24. The molecular formula is C28H28N2O5. The number of fused-ring (bicyclic) bond motifs is 1. The monoisotopic (exact) mass is 472 g/mol. The second-order valence-corrected chi connectivity index (χ2v) is 9.57. The van der Waals surface area contributed by atoms with Gasteiger partial charge in [-0.1, -0.05) is 62.4 Å². The molecule has 7 nitrogen and oxygen atoms in total. The van der Waals surface area contributed by atoms with Crippen molar-refractivity contribution in [3.8, 4) is 5.69 Å². The highest BCUT2D eigenvalue weighted by Gasteiger charge is 2.35. The zero-order valence-electron chi connectivity index (χ0n) is 20.0. The number of benzene rings is 2. The molecule has 0 aliphatic heterocycles. The van der Waals surface area contributed by atoms with Crippen LogP contribution in [0.2, 0.25) is 0 Å². The molecule has 35 heavy (non-hydrogen) atoms. The van der Waals surface area contributed by atoms with Crippen LogP contribution in [0.5, 0.6) is 0 Å². The standard InChI is InChI=1S/C28H28N2O5/c1-28(2)16-23-20(24(31)17-28)15-21(26(33)30(23)19-12-8-5-9-13-19)25(32)29-22(27(34)35-3)14-18-10-6-4-7-11-18/h4-13,15,22H,14,16-17H2,1-3H3,(H,29,32). The van der Waals surface area contributed by atoms with E-state index in [1.807, 2.05) is 50.2 Å². The molecule has 1 aliphatic carbocycles. The number of carbonyl (C=O) groups is 3. The number of hydrogen-bond acceptors (Lipinski definition) is 5. The third-order valence-electron chi connectivity index (χ3n) is 6.22. The van der Waals surface area contributed by atoms with Crippen LogP contribution < -0.4 is 10.9 Å². The van der Waals surface area contributed by atoms with Crippen LogP contribution in [-0.4, -0.2) is 35.4 Å². The van der Waals surface area contributed by atoms with Crippen LogP contribution in [0.4, 0.5) is 0 Å². The van der Waals surface area contributed by atoms with Crippen molar-refractivity contribution in [2.24, 2.45) is 5.41 Å². The SMILES string of the molecule is COC(=O)C(Cc1ccccc1)NC(=O)c1cc2c(n(-c3ccccc3)c1=O)CC(C)(C)CC2=O. The first-order valence-corrected chi connectivity index (χ1v) is 11.5. The van der Waals surface area contributed by atoms with Crippen LogP contribution >= 0.6 is 0 Å². The lowest BCUT2D eigenvalue weighted by molar-refractivity contribution is -0.142. The maximum absolute atomic E-state index is 13.7. The molecule has 1 aromatic heterocycles. The minimum absolute atomic E-state index is 0.121. The number of para-hydroxylation sites is 1. The maximum Gasteiger partial charge on any atom is 0.328 e. The number of pyridine rings is 1. The summed E-state index contributed by atoms with van der Waals surface area (Å²) in [6, 6.07) is 18.5. The van der Waals surface area contributed by atoms with Crippen molar-refractivity contribution in [1.29, 1.82) is 0 Å². The minimum Gasteiger partial charge on any atom is -0.467 e. The molecule has 0 saturated heterocycles. The number of esters is 1. The molecule has 0 fully saturated rings. The molecule has 1 N–H and O–H groups in total. The lowest BCUT2D eigenvalue weighted by Crippen LogP contribution is -2.46. The number of nitrogens with zero attached hydrogens (tertiary/aromatic N) is 1. The summed E-state index contributed by atoms with van der Waals surface area (Å²) in [6.07, 6.45) is 1.02. The Balaban J connectivity index is 1.79. The second-order valence-electron chi connectivity index (χ2n) is 9.57. The van der Waals surface area contributed by atoms with Gasteiger partial charge in [0.05, 0.1) is 7.11 Å². The van der Waals surface area contributed by atoms with E-state index in [0.29, 0.717) is 29.8 Å². The van der Waals surface area contributed by atoms with Crippen LogP contribution in [0.25, 0.3) is 5.69 Å². The predicted molar refractivity (Wildman–Crippen MR) is 132 cm³/mol. The molecule has 3 aromatic rings. The molecule has 180 valence electrons. The Morgan fingerprint density at radius 3 is 2.26 bits per heavy atom. The van der Waals surface area contributed by atoms with E-state index >= 15 is 0 Å². The van der Waals surface area contributed by atoms with Crippen molar-refractivity contribution in [2.75, 3.05) is 7.11 Å². The van der Waals surface area contributed by atoms with E-state index in [0.717, 1.165) is 5.56 Å². The summed E-state index contributed by atoms with van der Waals surface area (Å²) in [6.45, 7) is 3.97. The number of ether oxygens (including phenoxy) is 1. The molecule has 1 heterocycles. The number of nitrogens with one attached hydrogen (secondary N) is 1. The Hall–Kier alpha value is -4.00. The number of rotatable bonds is 6. The lowest BCUT2D eigenvalue weighted by atomic mass is 9.75. The number of methoxy groups -OCH3 is 1. The van der Waals surface area contributed by atoms with Gasteiger partial charge in [-0.05, 0) is 35.6 Å². The largest absolute Gasteiger partial charge is 0.467 e. The van der Waals surface area contributed by atoms with Crippen molar-refractivity contribution >= 4 is 17.7 Å². The van der Waals surface area contributed by atoms with Gasteiger partial charge in [-0.15, -0.1) is 0 Å². The van der Waals surface area contributed by atoms with Gasteiger partial charge in [-0.3, -0.25) is 19.0 Å². The summed E-state index contributed by atoms with van der Waals surface area (Å²) >= 11 is 0. The number of carbonyl (C=O) groups excluding carboxylic acids is 3. The molecular weight excluding hydrogens is 444 g/mol. The first kappa shape index (κ1) is 24.1. The van der Waals surface area contributed by atoms with Crippen molar-refractivity contribution in [3.05, 3.63) is 99.5 Å². The zero-order chi connectivity index (χ0) is 25.2. The quantitative estimate of drug-likeness (QED) is 0.554. The molecule has 1 amide bonds. The van der Waals surface area contributed by atoms with E-state index < -0.39 is 23.5 Å². The molecule has 1 unspecified atom stereocenters. The molecule has 1 aliphatic rings. The highest BCUT2D eigenvalue weighted by Crippen LogP contribution is 2.35. The summed E-state index contributed by atoms with van der Waals surface area (Å²) < 4.78 is 6.34. The molecule has 0 spiro atoms. The molecule has 0 bridgehead atoms. The Morgan fingerprint density at radius 2 is 1.63 bits per heavy atom. The Labute approximate surface area is 203 Å². The zero-order valence-corrected chi connectivity index (χ0v) is 20.0. The average molecular weight is 473 g/mol. The Bertz CT molecular complexity index is 1330. The third-order valence-corrected chi connectivity index (χ3v) is 6.22. The van der Waals surface area contributed by atoms with E-state index in [1.54, 1.807) is 24.3 Å². The minimum atomic E-state index is -0.995. The van der Waals surface area contributed by atoms with Gasteiger partial charge in [0, 0.05) is 29.8 Å². The van der Waals surface area contributed by atoms with Crippen LogP contribution in [0.15, 0.2) is 71.5 Å². The topological polar surface area (TPSA) is 94.5 Å². The van der Waals surface area contributed by atoms with E-state index in [1.165, 1.54) is 17.7 Å². The van der Waals surface area contributed by atoms with Crippen molar-refractivity contribution in [1.82, 2.24) is 9.88 Å². The van der Waals surface area contributed by atoms with Crippen LogP contribution in [-0.2, 0) is 22.4 Å². The first-order chi connectivity index (χ1) is 16.7. The number of amides is 1. The van der Waals surface area contributed by atoms with E-state index in [9.17, 15) is 19.2 Å². The summed E-state index contributed by atoms with van der Waals surface area (Å²) in [5, 5.41) is 2.65. The second kappa shape index (κ2) is 9.70. The summed E-state index contributed by atoms with van der Waals surface area (Å²) in [4.78, 5) is 52.5. The highest BCUT2D eigenvalue weighted by atomic mass is 16.5. The number of aromatic nitrogens is 1. The van der Waals surface area contributed by atoms with Gasteiger partial charge in [0.25, 0.3) is 11.5 Å². The van der Waals surface area contributed by atoms with Gasteiger partial charge in [-0.25, -0.2) is 4.79 Å². The van der Waals surface area contributed by atoms with Crippen molar-refractivity contribution < 1.29 is 19.1 Å². The Morgan fingerprint density at radius 1 is 1.00 bits per heavy atom. The van der Waals surface area contributed by atoms with Crippen LogP contribution in [0.3, 0.4) is 0 Å². The van der Waals surface area contributed by atoms with Gasteiger partial charge in [-0.2, -0.15) is 0 Å². The molecule has 0 saturated carbocycles. The summed E-state index contributed by atoms with van der Waals surface area (Å²) in [5.41, 5.74) is 1.30. The van der Waals surface area contributed by atoms with Gasteiger partial charge in [0.15, 0.2) is 5.78 Å². The molecule has 7 heteroatoms. The van der Waals surface area contributed by atoms with Gasteiger partial charge < -0.3 is 10.1 Å².